The second-order valence-corrected chi connectivity index (χ2v) is 6.64. The van der Waals surface area contributed by atoms with Crippen LogP contribution in [-0.4, -0.2) is 36.6 Å². The zero-order valence-electron chi connectivity index (χ0n) is 11.9. The second-order valence-electron chi connectivity index (χ2n) is 4.96. The van der Waals surface area contributed by atoms with E-state index in [4.69, 9.17) is 0 Å². The molecule has 1 rings (SSSR count). The highest BCUT2D eigenvalue weighted by Crippen LogP contribution is 2.36. The Labute approximate surface area is 133 Å². The van der Waals surface area contributed by atoms with Crippen molar-refractivity contribution < 1.29 is 0 Å². The Morgan fingerprint density at radius 3 is 2.67 bits per heavy atom. The minimum absolute atomic E-state index is 0. The summed E-state index contributed by atoms with van der Waals surface area (Å²) in [4.78, 5) is 4.26. The molecule has 5 heteroatoms. The van der Waals surface area contributed by atoms with Crippen molar-refractivity contribution >= 4 is 41.7 Å². The fraction of sp³-hybridized carbons (Fsp3) is 0.923. The van der Waals surface area contributed by atoms with Crippen LogP contribution in [0.25, 0.3) is 0 Å². The van der Waals surface area contributed by atoms with Crippen molar-refractivity contribution in [2.45, 2.75) is 50.7 Å². The molecule has 0 aromatic carbocycles. The van der Waals surface area contributed by atoms with E-state index in [2.05, 4.69) is 41.2 Å². The fourth-order valence-electron chi connectivity index (χ4n) is 2.05. The van der Waals surface area contributed by atoms with E-state index in [9.17, 15) is 0 Å². The monoisotopic (exact) mass is 385 g/mol. The van der Waals surface area contributed by atoms with Crippen molar-refractivity contribution in [2.75, 3.05) is 25.9 Å². The lowest BCUT2D eigenvalue weighted by Gasteiger charge is -2.24. The standard InChI is InChI=1S/C13H27N3S.HI/c1-4-5-6-9-15-12(14-3)16-11-13(2)8-7-10-17-13;/h4-11H2,1-3H3,(H2,14,15,16);1H. The first kappa shape index (κ1) is 18.4. The molecule has 0 aliphatic carbocycles. The molecule has 1 saturated heterocycles. The summed E-state index contributed by atoms with van der Waals surface area (Å²) in [6, 6.07) is 0. The third kappa shape index (κ3) is 7.07. The molecule has 1 unspecified atom stereocenters. The molecule has 0 aromatic heterocycles. The van der Waals surface area contributed by atoms with Gasteiger partial charge in [0.05, 0.1) is 0 Å². The molecule has 0 aromatic rings. The number of halogens is 1. The Morgan fingerprint density at radius 2 is 2.11 bits per heavy atom. The summed E-state index contributed by atoms with van der Waals surface area (Å²) in [7, 11) is 1.85. The molecule has 1 fully saturated rings. The van der Waals surface area contributed by atoms with Gasteiger partial charge >= 0.3 is 0 Å². The summed E-state index contributed by atoms with van der Waals surface area (Å²) in [6.07, 6.45) is 6.45. The lowest BCUT2D eigenvalue weighted by Crippen LogP contribution is -2.43. The highest BCUT2D eigenvalue weighted by Gasteiger charge is 2.29. The van der Waals surface area contributed by atoms with Gasteiger partial charge in [-0.1, -0.05) is 19.8 Å². The van der Waals surface area contributed by atoms with Crippen molar-refractivity contribution in [1.29, 1.82) is 0 Å². The lowest BCUT2D eigenvalue weighted by molar-refractivity contribution is 0.582. The van der Waals surface area contributed by atoms with Gasteiger partial charge in [0.25, 0.3) is 0 Å². The molecule has 2 N–H and O–H groups in total. The minimum atomic E-state index is 0. The van der Waals surface area contributed by atoms with Crippen molar-refractivity contribution in [3.63, 3.8) is 0 Å². The maximum absolute atomic E-state index is 4.26. The van der Waals surface area contributed by atoms with Crippen molar-refractivity contribution in [2.24, 2.45) is 4.99 Å². The largest absolute Gasteiger partial charge is 0.356 e. The fourth-order valence-corrected chi connectivity index (χ4v) is 3.29. The lowest BCUT2D eigenvalue weighted by atomic mass is 10.1. The number of hydrogen-bond donors (Lipinski definition) is 2. The molecule has 1 aliphatic heterocycles. The van der Waals surface area contributed by atoms with Gasteiger partial charge in [-0.3, -0.25) is 4.99 Å². The number of aliphatic imine (C=N–C) groups is 1. The number of guanidine groups is 1. The van der Waals surface area contributed by atoms with Crippen LogP contribution in [0.5, 0.6) is 0 Å². The SMILES string of the molecule is CCCCCNC(=NC)NCC1(C)CCCS1.I. The van der Waals surface area contributed by atoms with E-state index in [0.717, 1.165) is 19.0 Å². The summed E-state index contributed by atoms with van der Waals surface area (Å²) in [5.41, 5.74) is 0. The van der Waals surface area contributed by atoms with Crippen LogP contribution in [0.1, 0.15) is 46.0 Å². The third-order valence-electron chi connectivity index (χ3n) is 3.23. The average molecular weight is 385 g/mol. The quantitative estimate of drug-likeness (QED) is 0.319. The average Bonchev–Trinajstić information content (AvgIpc) is 2.76. The van der Waals surface area contributed by atoms with E-state index >= 15 is 0 Å². The Hall–Kier alpha value is 0.350. The molecule has 0 radical (unpaired) electrons. The Kier molecular flexibility index (Phi) is 10.4. The Balaban J connectivity index is 0.00000289. The van der Waals surface area contributed by atoms with Crippen molar-refractivity contribution in [3.8, 4) is 0 Å². The van der Waals surface area contributed by atoms with Crippen LogP contribution in [0.2, 0.25) is 0 Å². The van der Waals surface area contributed by atoms with E-state index in [-0.39, 0.29) is 24.0 Å². The Morgan fingerprint density at radius 1 is 1.33 bits per heavy atom. The molecule has 1 heterocycles. The second kappa shape index (κ2) is 10.2. The smallest absolute Gasteiger partial charge is 0.191 e. The molecule has 108 valence electrons. The highest BCUT2D eigenvalue weighted by atomic mass is 127. The van der Waals surface area contributed by atoms with E-state index < -0.39 is 0 Å². The van der Waals surface area contributed by atoms with Crippen LogP contribution in [-0.2, 0) is 0 Å². The van der Waals surface area contributed by atoms with Gasteiger partial charge in [0, 0.05) is 24.9 Å². The Bertz CT molecular complexity index is 240. The molecule has 0 spiro atoms. The molecular weight excluding hydrogens is 357 g/mol. The molecular formula is C13H28IN3S. The molecule has 18 heavy (non-hydrogen) atoms. The molecule has 0 amide bonds. The normalized spacial score (nSPS) is 23.6. The van der Waals surface area contributed by atoms with Gasteiger partial charge in [0.15, 0.2) is 5.96 Å². The first-order valence-corrected chi connectivity index (χ1v) is 7.77. The van der Waals surface area contributed by atoms with Crippen LogP contribution in [0.15, 0.2) is 4.99 Å². The highest BCUT2D eigenvalue weighted by molar-refractivity contribution is 14.0. The molecule has 1 atom stereocenters. The summed E-state index contributed by atoms with van der Waals surface area (Å²) in [5.74, 6) is 2.26. The minimum Gasteiger partial charge on any atom is -0.356 e. The van der Waals surface area contributed by atoms with Gasteiger partial charge in [-0.15, -0.1) is 24.0 Å². The number of nitrogens with one attached hydrogen (secondary N) is 2. The zero-order valence-corrected chi connectivity index (χ0v) is 15.1. The van der Waals surface area contributed by atoms with E-state index in [1.807, 2.05) is 7.05 Å². The summed E-state index contributed by atoms with van der Waals surface area (Å²) >= 11 is 2.08. The van der Waals surface area contributed by atoms with Crippen LogP contribution in [0.4, 0.5) is 0 Å². The summed E-state index contributed by atoms with van der Waals surface area (Å²) in [6.45, 7) is 6.62. The zero-order chi connectivity index (χ0) is 12.6. The van der Waals surface area contributed by atoms with Gasteiger partial charge in [0.2, 0.25) is 0 Å². The summed E-state index contributed by atoms with van der Waals surface area (Å²) in [5, 5.41) is 6.82. The van der Waals surface area contributed by atoms with Gasteiger partial charge in [0.1, 0.15) is 0 Å². The van der Waals surface area contributed by atoms with Crippen molar-refractivity contribution in [1.82, 2.24) is 10.6 Å². The van der Waals surface area contributed by atoms with Gasteiger partial charge in [-0.05, 0) is 31.9 Å². The molecule has 0 saturated carbocycles. The number of unbranched alkanes of at least 4 members (excludes halogenated alkanes) is 2. The van der Waals surface area contributed by atoms with Crippen LogP contribution >= 0.6 is 35.7 Å². The maximum Gasteiger partial charge on any atom is 0.191 e. The van der Waals surface area contributed by atoms with Gasteiger partial charge in [-0.25, -0.2) is 0 Å². The van der Waals surface area contributed by atoms with Crippen molar-refractivity contribution in [3.05, 3.63) is 0 Å². The van der Waals surface area contributed by atoms with E-state index in [1.54, 1.807) is 0 Å². The number of nitrogens with zero attached hydrogens (tertiary/aromatic N) is 1. The van der Waals surface area contributed by atoms with Crippen LogP contribution < -0.4 is 10.6 Å². The molecule has 0 bridgehead atoms. The van der Waals surface area contributed by atoms with Gasteiger partial charge < -0.3 is 10.6 Å². The maximum atomic E-state index is 4.26. The van der Waals surface area contributed by atoms with Crippen LogP contribution in [0, 0.1) is 0 Å². The number of rotatable bonds is 6. The first-order chi connectivity index (χ1) is 8.20. The number of thioether (sulfide) groups is 1. The predicted octanol–water partition coefficient (Wildman–Crippen LogP) is 3.25. The predicted molar refractivity (Wildman–Crippen MR) is 94.4 cm³/mol. The first-order valence-electron chi connectivity index (χ1n) is 6.78. The molecule has 3 nitrogen and oxygen atoms in total. The van der Waals surface area contributed by atoms with E-state index in [1.165, 1.54) is 37.9 Å². The van der Waals surface area contributed by atoms with E-state index in [0.29, 0.717) is 4.75 Å². The molecule has 1 aliphatic rings. The van der Waals surface area contributed by atoms with Gasteiger partial charge in [-0.2, -0.15) is 11.8 Å². The third-order valence-corrected chi connectivity index (χ3v) is 4.76. The van der Waals surface area contributed by atoms with Crippen LogP contribution in [0.3, 0.4) is 0 Å². The number of hydrogen-bond acceptors (Lipinski definition) is 2. The summed E-state index contributed by atoms with van der Waals surface area (Å²) < 4.78 is 0.404. The topological polar surface area (TPSA) is 36.4 Å².